The van der Waals surface area contributed by atoms with Crippen molar-refractivity contribution in [3.8, 4) is 0 Å². The summed E-state index contributed by atoms with van der Waals surface area (Å²) in [5.74, 6) is 0. The zero-order valence-corrected chi connectivity index (χ0v) is 14.7. The number of halogens is 1. The summed E-state index contributed by atoms with van der Waals surface area (Å²) in [6.45, 7) is 5.71. The van der Waals surface area contributed by atoms with Crippen LogP contribution < -0.4 is 5.32 Å². The highest BCUT2D eigenvalue weighted by Gasteiger charge is 2.52. The molecule has 0 bridgehead atoms. The van der Waals surface area contributed by atoms with Gasteiger partial charge in [0.2, 0.25) is 5.24 Å². The molecule has 1 aliphatic rings. The molecule has 0 spiro atoms. The third kappa shape index (κ3) is 2.82. The van der Waals surface area contributed by atoms with Crippen molar-refractivity contribution in [2.45, 2.75) is 55.7 Å². The van der Waals surface area contributed by atoms with Gasteiger partial charge in [0.1, 0.15) is 0 Å². The van der Waals surface area contributed by atoms with E-state index in [1.54, 1.807) is 19.1 Å². The molecule has 1 heterocycles. The van der Waals surface area contributed by atoms with Crippen LogP contribution in [0.4, 0.5) is 0 Å². The van der Waals surface area contributed by atoms with E-state index in [1.165, 1.54) is 6.92 Å². The minimum Gasteiger partial charge on any atom is -0.312 e. The largest absolute Gasteiger partial charge is 0.312 e. The van der Waals surface area contributed by atoms with Crippen LogP contribution in [-0.2, 0) is 14.6 Å². The Hall–Kier alpha value is -0.910. The minimum atomic E-state index is -3.90. The number of piperidine rings is 1. The first-order valence-electron chi connectivity index (χ1n) is 7.46. The second-order valence-electron chi connectivity index (χ2n) is 6.16. The first kappa shape index (κ1) is 17.4. The lowest BCUT2D eigenvalue weighted by molar-refractivity contribution is -0.114. The predicted octanol–water partition coefficient (Wildman–Crippen LogP) is 2.74. The molecule has 0 amide bonds. The Morgan fingerprint density at radius 3 is 2.55 bits per heavy atom. The van der Waals surface area contributed by atoms with Gasteiger partial charge in [-0.25, -0.2) is 8.42 Å². The van der Waals surface area contributed by atoms with Crippen LogP contribution in [-0.4, -0.2) is 31.0 Å². The van der Waals surface area contributed by atoms with Gasteiger partial charge in [-0.2, -0.15) is 0 Å². The van der Waals surface area contributed by atoms with E-state index in [9.17, 15) is 13.2 Å². The number of sulfone groups is 1. The Morgan fingerprint density at radius 1 is 1.32 bits per heavy atom. The second kappa shape index (κ2) is 6.30. The van der Waals surface area contributed by atoms with Gasteiger partial charge in [0, 0.05) is 6.04 Å². The molecular formula is C16H22ClNO3S. The maximum atomic E-state index is 13.2. The van der Waals surface area contributed by atoms with Crippen molar-refractivity contribution in [2.75, 3.05) is 6.54 Å². The molecule has 4 nitrogen and oxygen atoms in total. The summed E-state index contributed by atoms with van der Waals surface area (Å²) in [7, 11) is -3.90. The summed E-state index contributed by atoms with van der Waals surface area (Å²) in [6.07, 6.45) is 2.49. The van der Waals surface area contributed by atoms with Gasteiger partial charge in [-0.05, 0) is 69.0 Å². The van der Waals surface area contributed by atoms with Crippen LogP contribution in [0.5, 0.6) is 0 Å². The number of nitrogens with one attached hydrogen (secondary N) is 1. The molecule has 2 atom stereocenters. The summed E-state index contributed by atoms with van der Waals surface area (Å²) in [5.41, 5.74) is 1.47. The fraction of sp³-hybridized carbons (Fsp3) is 0.562. The van der Waals surface area contributed by atoms with E-state index in [0.717, 1.165) is 18.4 Å². The average Bonchev–Trinajstić information content (AvgIpc) is 2.49. The molecule has 22 heavy (non-hydrogen) atoms. The highest BCUT2D eigenvalue weighted by Crippen LogP contribution is 2.36. The van der Waals surface area contributed by atoms with E-state index in [2.05, 4.69) is 5.32 Å². The smallest absolute Gasteiger partial charge is 0.244 e. The Bertz CT molecular complexity index is 681. The Labute approximate surface area is 137 Å². The van der Waals surface area contributed by atoms with Crippen LogP contribution in [0.2, 0.25) is 0 Å². The lowest BCUT2D eigenvalue weighted by Crippen LogP contribution is -2.58. The normalized spacial score (nSPS) is 22.1. The first-order valence-corrected chi connectivity index (χ1v) is 9.32. The number of benzene rings is 1. The maximum Gasteiger partial charge on any atom is 0.244 e. The minimum absolute atomic E-state index is 0.191. The van der Waals surface area contributed by atoms with Crippen LogP contribution >= 0.6 is 11.6 Å². The van der Waals surface area contributed by atoms with Crippen LogP contribution in [0.15, 0.2) is 23.1 Å². The summed E-state index contributed by atoms with van der Waals surface area (Å²) < 4.78 is 24.8. The molecule has 0 radical (unpaired) electrons. The summed E-state index contributed by atoms with van der Waals surface area (Å²) in [6, 6.07) is 4.77. The van der Waals surface area contributed by atoms with Crippen molar-refractivity contribution in [3.63, 3.8) is 0 Å². The molecule has 0 aliphatic carbocycles. The zero-order chi connectivity index (χ0) is 16.5. The molecule has 1 aliphatic heterocycles. The second-order valence-corrected chi connectivity index (χ2v) is 8.79. The highest BCUT2D eigenvalue weighted by atomic mass is 35.5. The van der Waals surface area contributed by atoms with Gasteiger partial charge >= 0.3 is 0 Å². The number of rotatable bonds is 4. The molecule has 1 fully saturated rings. The van der Waals surface area contributed by atoms with E-state index in [1.807, 2.05) is 13.0 Å². The fourth-order valence-electron chi connectivity index (χ4n) is 2.98. The standard InChI is InChI=1S/C16H22ClNO3S/c1-11-7-8-12(2)13(10-11)22(20,21)16(3,15(17)19)14-6-4-5-9-18-14/h7-8,10,14,18H,4-6,9H2,1-3H3. The molecular weight excluding hydrogens is 322 g/mol. The average molecular weight is 344 g/mol. The van der Waals surface area contributed by atoms with Crippen LogP contribution in [0, 0.1) is 13.8 Å². The van der Waals surface area contributed by atoms with E-state index < -0.39 is 25.9 Å². The molecule has 122 valence electrons. The molecule has 6 heteroatoms. The van der Waals surface area contributed by atoms with E-state index in [4.69, 9.17) is 11.6 Å². The topological polar surface area (TPSA) is 63.2 Å². The van der Waals surface area contributed by atoms with Crippen LogP contribution in [0.1, 0.15) is 37.3 Å². The molecule has 0 aromatic heterocycles. The molecule has 1 aromatic rings. The first-order chi connectivity index (χ1) is 10.2. The molecule has 2 unspecified atom stereocenters. The van der Waals surface area contributed by atoms with Crippen LogP contribution in [0.25, 0.3) is 0 Å². The van der Waals surface area contributed by atoms with Gasteiger partial charge < -0.3 is 5.32 Å². The lowest BCUT2D eigenvalue weighted by Gasteiger charge is -2.37. The number of carbonyl (C=O) groups excluding carboxylic acids is 1. The quantitative estimate of drug-likeness (QED) is 0.854. The van der Waals surface area contributed by atoms with E-state index in [-0.39, 0.29) is 4.90 Å². The van der Waals surface area contributed by atoms with Crippen molar-refractivity contribution in [3.05, 3.63) is 29.3 Å². The van der Waals surface area contributed by atoms with E-state index in [0.29, 0.717) is 18.5 Å². The number of hydrogen-bond donors (Lipinski definition) is 1. The Kier molecular flexibility index (Phi) is 5.00. The molecule has 1 aromatic carbocycles. The number of aryl methyl sites for hydroxylation is 2. The summed E-state index contributed by atoms with van der Waals surface area (Å²) >= 11 is 5.79. The van der Waals surface area contributed by atoms with E-state index >= 15 is 0 Å². The maximum absolute atomic E-state index is 13.2. The van der Waals surface area contributed by atoms with Gasteiger partial charge in [-0.1, -0.05) is 18.6 Å². The van der Waals surface area contributed by atoms with Crippen molar-refractivity contribution in [1.29, 1.82) is 0 Å². The third-order valence-electron chi connectivity index (χ3n) is 4.56. The molecule has 1 saturated heterocycles. The zero-order valence-electron chi connectivity index (χ0n) is 13.1. The Balaban J connectivity index is 2.60. The van der Waals surface area contributed by atoms with Gasteiger partial charge in [0.25, 0.3) is 0 Å². The lowest BCUT2D eigenvalue weighted by atomic mass is 9.93. The summed E-state index contributed by atoms with van der Waals surface area (Å²) in [4.78, 5) is 12.3. The van der Waals surface area contributed by atoms with Gasteiger partial charge in [0.05, 0.1) is 4.90 Å². The Morgan fingerprint density at radius 2 is 2.00 bits per heavy atom. The van der Waals surface area contributed by atoms with Crippen LogP contribution in [0.3, 0.4) is 0 Å². The molecule has 2 rings (SSSR count). The fourth-order valence-corrected chi connectivity index (χ4v) is 5.49. The van der Waals surface area contributed by atoms with Crippen molar-refractivity contribution >= 4 is 26.7 Å². The number of carbonyl (C=O) groups is 1. The van der Waals surface area contributed by atoms with Gasteiger partial charge in [-0.15, -0.1) is 0 Å². The van der Waals surface area contributed by atoms with Crippen molar-refractivity contribution in [2.24, 2.45) is 0 Å². The molecule has 1 N–H and O–H groups in total. The molecule has 0 saturated carbocycles. The highest BCUT2D eigenvalue weighted by molar-refractivity contribution is 7.94. The third-order valence-corrected chi connectivity index (χ3v) is 7.67. The van der Waals surface area contributed by atoms with Crippen molar-refractivity contribution < 1.29 is 13.2 Å². The van der Waals surface area contributed by atoms with Crippen molar-refractivity contribution in [1.82, 2.24) is 5.32 Å². The SMILES string of the molecule is Cc1ccc(C)c(S(=O)(=O)C(C)(C(=O)Cl)C2CCCCN2)c1. The summed E-state index contributed by atoms with van der Waals surface area (Å²) in [5, 5.41) is 2.34. The monoisotopic (exact) mass is 343 g/mol. The predicted molar refractivity (Wildman–Crippen MR) is 88.0 cm³/mol. The van der Waals surface area contributed by atoms with Gasteiger partial charge in [0.15, 0.2) is 14.6 Å². The van der Waals surface area contributed by atoms with Gasteiger partial charge in [-0.3, -0.25) is 4.79 Å². The number of hydrogen-bond acceptors (Lipinski definition) is 4.